The maximum Gasteiger partial charge on any atom is 0.161 e. The molecule has 0 bridgehead atoms. The topological polar surface area (TPSA) is 35.5 Å². The van der Waals surface area contributed by atoms with Crippen LogP contribution < -0.4 is 0 Å². The highest BCUT2D eigenvalue weighted by molar-refractivity contribution is 9.10. The molecule has 0 atom stereocenters. The predicted octanol–water partition coefficient (Wildman–Crippen LogP) is 2.95. The standard InChI is InChI=1S/C5H3BrOS.C4H10O2/c6-4-1-2-8-5(4)3-7;1-4(5-2)6-3/h1-3H;4H,1-3H3. The van der Waals surface area contributed by atoms with Gasteiger partial charge in [0.05, 0.1) is 4.88 Å². The zero-order chi connectivity index (χ0) is 11.0. The van der Waals surface area contributed by atoms with Gasteiger partial charge in [-0.05, 0) is 34.3 Å². The molecule has 3 nitrogen and oxygen atoms in total. The van der Waals surface area contributed by atoms with Gasteiger partial charge in [-0.25, -0.2) is 0 Å². The molecule has 0 saturated carbocycles. The van der Waals surface area contributed by atoms with Crippen LogP contribution in [0.15, 0.2) is 15.9 Å². The van der Waals surface area contributed by atoms with Gasteiger partial charge in [0.1, 0.15) is 0 Å². The summed E-state index contributed by atoms with van der Waals surface area (Å²) in [6.45, 7) is 1.83. The van der Waals surface area contributed by atoms with Crippen LogP contribution in [-0.4, -0.2) is 26.8 Å². The quantitative estimate of drug-likeness (QED) is 0.631. The van der Waals surface area contributed by atoms with E-state index in [4.69, 9.17) is 0 Å². The SMILES string of the molecule is COC(C)OC.O=Cc1sccc1Br. The molecule has 0 spiro atoms. The van der Waals surface area contributed by atoms with E-state index in [1.807, 2.05) is 18.4 Å². The Bertz CT molecular complexity index is 258. The molecule has 0 radical (unpaired) electrons. The van der Waals surface area contributed by atoms with E-state index in [0.29, 0.717) is 0 Å². The van der Waals surface area contributed by atoms with Crippen molar-refractivity contribution in [1.29, 1.82) is 0 Å². The third-order valence-electron chi connectivity index (χ3n) is 1.42. The molecule has 1 rings (SSSR count). The zero-order valence-electron chi connectivity index (χ0n) is 8.32. The Labute approximate surface area is 96.2 Å². The van der Waals surface area contributed by atoms with E-state index in [0.717, 1.165) is 15.6 Å². The van der Waals surface area contributed by atoms with Crippen molar-refractivity contribution in [2.24, 2.45) is 0 Å². The Morgan fingerprint density at radius 2 is 2.07 bits per heavy atom. The molecule has 0 aromatic carbocycles. The fourth-order valence-electron chi connectivity index (χ4n) is 0.486. The number of thiophene rings is 1. The molecule has 0 unspecified atom stereocenters. The van der Waals surface area contributed by atoms with Gasteiger partial charge >= 0.3 is 0 Å². The van der Waals surface area contributed by atoms with Crippen LogP contribution in [0.2, 0.25) is 0 Å². The van der Waals surface area contributed by atoms with Crippen LogP contribution in [0.1, 0.15) is 16.6 Å². The molecule has 1 aromatic rings. The molecule has 1 heterocycles. The van der Waals surface area contributed by atoms with E-state index >= 15 is 0 Å². The maximum absolute atomic E-state index is 10.1. The first-order valence-corrected chi connectivity index (χ1v) is 5.56. The van der Waals surface area contributed by atoms with Gasteiger partial charge in [0, 0.05) is 18.7 Å². The fourth-order valence-corrected chi connectivity index (χ4v) is 1.75. The zero-order valence-corrected chi connectivity index (χ0v) is 10.7. The van der Waals surface area contributed by atoms with Crippen molar-refractivity contribution in [3.63, 3.8) is 0 Å². The molecule has 0 saturated heterocycles. The molecule has 0 N–H and O–H groups in total. The van der Waals surface area contributed by atoms with Crippen LogP contribution in [0, 0.1) is 0 Å². The minimum absolute atomic E-state index is 0.0648. The first-order valence-electron chi connectivity index (χ1n) is 3.89. The van der Waals surface area contributed by atoms with Gasteiger partial charge in [0.25, 0.3) is 0 Å². The highest BCUT2D eigenvalue weighted by Gasteiger charge is 1.95. The third-order valence-corrected chi connectivity index (χ3v) is 3.21. The monoisotopic (exact) mass is 280 g/mol. The highest BCUT2D eigenvalue weighted by atomic mass is 79.9. The predicted molar refractivity (Wildman–Crippen MR) is 60.9 cm³/mol. The summed E-state index contributed by atoms with van der Waals surface area (Å²) in [5.74, 6) is 0. The summed E-state index contributed by atoms with van der Waals surface area (Å²) in [6.07, 6.45) is 0.777. The van der Waals surface area contributed by atoms with E-state index in [-0.39, 0.29) is 6.29 Å². The molecular formula is C9H13BrO3S. The van der Waals surface area contributed by atoms with Gasteiger partial charge in [-0.15, -0.1) is 11.3 Å². The summed E-state index contributed by atoms with van der Waals surface area (Å²) < 4.78 is 10.2. The van der Waals surface area contributed by atoms with Gasteiger partial charge in [0.15, 0.2) is 12.6 Å². The summed E-state index contributed by atoms with van der Waals surface area (Å²) in [6, 6.07) is 1.86. The minimum Gasteiger partial charge on any atom is -0.356 e. The Hall–Kier alpha value is -0.230. The fraction of sp³-hybridized carbons (Fsp3) is 0.444. The Kier molecular flexibility index (Phi) is 7.98. The van der Waals surface area contributed by atoms with Gasteiger partial charge < -0.3 is 9.47 Å². The molecule has 0 aliphatic carbocycles. The van der Waals surface area contributed by atoms with Crippen molar-refractivity contribution in [2.45, 2.75) is 13.2 Å². The van der Waals surface area contributed by atoms with Crippen molar-refractivity contribution in [3.05, 3.63) is 20.8 Å². The average Bonchev–Trinajstić information content (AvgIpc) is 2.63. The second kappa shape index (κ2) is 8.11. The summed E-state index contributed by atoms with van der Waals surface area (Å²) in [5, 5.41) is 1.87. The molecule has 80 valence electrons. The van der Waals surface area contributed by atoms with Crippen molar-refractivity contribution in [1.82, 2.24) is 0 Å². The number of carbonyl (C=O) groups is 1. The number of methoxy groups -OCH3 is 2. The van der Waals surface area contributed by atoms with Crippen LogP contribution in [0.25, 0.3) is 0 Å². The van der Waals surface area contributed by atoms with Crippen LogP contribution >= 0.6 is 27.3 Å². The van der Waals surface area contributed by atoms with Crippen LogP contribution in [0.3, 0.4) is 0 Å². The largest absolute Gasteiger partial charge is 0.356 e. The van der Waals surface area contributed by atoms with E-state index in [9.17, 15) is 4.79 Å². The van der Waals surface area contributed by atoms with Crippen LogP contribution in [-0.2, 0) is 9.47 Å². The van der Waals surface area contributed by atoms with Gasteiger partial charge in [-0.1, -0.05) is 0 Å². The molecular weight excluding hydrogens is 268 g/mol. The number of rotatable bonds is 3. The second-order valence-corrected chi connectivity index (χ2v) is 4.09. The van der Waals surface area contributed by atoms with E-state index in [2.05, 4.69) is 25.4 Å². The lowest BCUT2D eigenvalue weighted by Gasteiger charge is -2.03. The Morgan fingerprint density at radius 3 is 2.21 bits per heavy atom. The van der Waals surface area contributed by atoms with Gasteiger partial charge in [-0.3, -0.25) is 4.79 Å². The van der Waals surface area contributed by atoms with Crippen LogP contribution in [0.5, 0.6) is 0 Å². The van der Waals surface area contributed by atoms with Crippen molar-refractivity contribution in [3.8, 4) is 0 Å². The average molecular weight is 281 g/mol. The minimum atomic E-state index is -0.0648. The number of carbonyl (C=O) groups excluding carboxylic acids is 1. The molecule has 0 fully saturated rings. The van der Waals surface area contributed by atoms with E-state index in [1.165, 1.54) is 11.3 Å². The smallest absolute Gasteiger partial charge is 0.161 e. The second-order valence-electron chi connectivity index (χ2n) is 2.29. The lowest BCUT2D eigenvalue weighted by atomic mass is 10.5. The third kappa shape index (κ3) is 5.49. The van der Waals surface area contributed by atoms with E-state index in [1.54, 1.807) is 14.2 Å². The normalized spacial score (nSPS) is 9.50. The Morgan fingerprint density at radius 1 is 1.50 bits per heavy atom. The molecule has 0 amide bonds. The number of hydrogen-bond donors (Lipinski definition) is 0. The number of hydrogen-bond acceptors (Lipinski definition) is 4. The number of aldehydes is 1. The molecule has 14 heavy (non-hydrogen) atoms. The maximum atomic E-state index is 10.1. The van der Waals surface area contributed by atoms with Gasteiger partial charge in [0.2, 0.25) is 0 Å². The summed E-state index contributed by atoms with van der Waals surface area (Å²) in [4.78, 5) is 10.8. The molecule has 5 heteroatoms. The first-order chi connectivity index (χ1) is 6.65. The molecule has 0 aliphatic heterocycles. The van der Waals surface area contributed by atoms with Crippen molar-refractivity contribution >= 4 is 33.6 Å². The van der Waals surface area contributed by atoms with Crippen LogP contribution in [0.4, 0.5) is 0 Å². The van der Waals surface area contributed by atoms with E-state index < -0.39 is 0 Å². The highest BCUT2D eigenvalue weighted by Crippen LogP contribution is 2.19. The number of ether oxygens (including phenoxy) is 2. The Balaban J connectivity index is 0.000000255. The first kappa shape index (κ1) is 13.8. The molecule has 0 aliphatic rings. The molecule has 1 aromatic heterocycles. The lowest BCUT2D eigenvalue weighted by Crippen LogP contribution is -2.05. The summed E-state index contributed by atoms with van der Waals surface area (Å²) in [7, 11) is 3.21. The summed E-state index contributed by atoms with van der Waals surface area (Å²) >= 11 is 4.64. The van der Waals surface area contributed by atoms with Crippen molar-refractivity contribution < 1.29 is 14.3 Å². The number of halogens is 1. The summed E-state index contributed by atoms with van der Waals surface area (Å²) in [5.41, 5.74) is 0. The van der Waals surface area contributed by atoms with Crippen molar-refractivity contribution in [2.75, 3.05) is 14.2 Å². The lowest BCUT2D eigenvalue weighted by molar-refractivity contribution is -0.0877. The van der Waals surface area contributed by atoms with Gasteiger partial charge in [-0.2, -0.15) is 0 Å².